The highest BCUT2D eigenvalue weighted by atomic mass is 19.1. The summed E-state index contributed by atoms with van der Waals surface area (Å²) in [5.74, 6) is 0.352. The Kier molecular flexibility index (Phi) is 7.93. The fourth-order valence-electron chi connectivity index (χ4n) is 2.24. The van der Waals surface area contributed by atoms with Crippen LogP contribution < -0.4 is 5.32 Å². The maximum atomic E-state index is 13.4. The quantitative estimate of drug-likeness (QED) is 0.724. The minimum Gasteiger partial charge on any atom is -0.356 e. The second kappa shape index (κ2) is 9.51. The van der Waals surface area contributed by atoms with Gasteiger partial charge in [0.15, 0.2) is 0 Å². The average Bonchev–Trinajstić information content (AvgIpc) is 2.46. The van der Waals surface area contributed by atoms with Crippen LogP contribution in [0.4, 0.5) is 4.39 Å². The number of rotatable bonds is 9. The maximum absolute atomic E-state index is 13.4. The maximum Gasteiger partial charge on any atom is 0.220 e. The summed E-state index contributed by atoms with van der Waals surface area (Å²) in [4.78, 5) is 11.8. The first-order valence-electron chi connectivity index (χ1n) is 7.67. The Morgan fingerprint density at radius 1 is 1.30 bits per heavy atom. The molecule has 1 amide bonds. The van der Waals surface area contributed by atoms with E-state index < -0.39 is 0 Å². The monoisotopic (exact) mass is 279 g/mol. The number of amides is 1. The lowest BCUT2D eigenvalue weighted by Crippen LogP contribution is -2.29. The molecule has 0 aliphatic carbocycles. The molecule has 0 aliphatic heterocycles. The van der Waals surface area contributed by atoms with Crippen molar-refractivity contribution in [1.29, 1.82) is 0 Å². The van der Waals surface area contributed by atoms with Crippen molar-refractivity contribution in [3.63, 3.8) is 0 Å². The third-order valence-corrected chi connectivity index (χ3v) is 3.71. The molecule has 3 heteroatoms. The normalized spacial score (nSPS) is 12.2. The van der Waals surface area contributed by atoms with Gasteiger partial charge in [0.05, 0.1) is 0 Å². The zero-order chi connectivity index (χ0) is 14.8. The number of hydrogen-bond donors (Lipinski definition) is 1. The zero-order valence-corrected chi connectivity index (χ0v) is 12.6. The number of halogens is 1. The summed E-state index contributed by atoms with van der Waals surface area (Å²) in [6.07, 6.45) is 5.48. The van der Waals surface area contributed by atoms with E-state index in [1.54, 1.807) is 18.2 Å². The van der Waals surface area contributed by atoms with Crippen molar-refractivity contribution in [1.82, 2.24) is 5.32 Å². The Morgan fingerprint density at radius 2 is 2.05 bits per heavy atom. The van der Waals surface area contributed by atoms with E-state index in [9.17, 15) is 9.18 Å². The van der Waals surface area contributed by atoms with Gasteiger partial charge in [-0.1, -0.05) is 51.3 Å². The first-order chi connectivity index (χ1) is 9.67. The summed E-state index contributed by atoms with van der Waals surface area (Å²) in [7, 11) is 0. The number of nitrogens with one attached hydrogen (secondary N) is 1. The number of hydrogen-bond acceptors (Lipinski definition) is 1. The standard InChI is InChI=1S/C17H26FNO/c1-3-5-8-14(4-2)13-19-17(20)12-11-15-9-6-7-10-16(15)18/h6-7,9-10,14H,3-5,8,11-13H2,1-2H3,(H,19,20)/t14-/m0/s1. The van der Waals surface area contributed by atoms with Gasteiger partial charge in [0.1, 0.15) is 5.82 Å². The van der Waals surface area contributed by atoms with Gasteiger partial charge in [0, 0.05) is 13.0 Å². The molecular weight excluding hydrogens is 253 g/mol. The van der Waals surface area contributed by atoms with Crippen LogP contribution in [0.3, 0.4) is 0 Å². The minimum absolute atomic E-state index is 0.0169. The lowest BCUT2D eigenvalue weighted by atomic mass is 9.99. The molecule has 0 saturated heterocycles. The van der Waals surface area contributed by atoms with Gasteiger partial charge in [-0.05, 0) is 30.4 Å². The Bertz CT molecular complexity index is 406. The Hall–Kier alpha value is -1.38. The number of benzene rings is 1. The van der Waals surface area contributed by atoms with E-state index in [-0.39, 0.29) is 11.7 Å². The lowest BCUT2D eigenvalue weighted by Gasteiger charge is -2.15. The van der Waals surface area contributed by atoms with Gasteiger partial charge in [-0.25, -0.2) is 4.39 Å². The molecule has 0 saturated carbocycles. The molecule has 0 aliphatic rings. The summed E-state index contributed by atoms with van der Waals surface area (Å²) in [6.45, 7) is 5.08. The first-order valence-corrected chi connectivity index (χ1v) is 7.67. The van der Waals surface area contributed by atoms with Crippen LogP contribution >= 0.6 is 0 Å². The zero-order valence-electron chi connectivity index (χ0n) is 12.6. The molecule has 0 heterocycles. The van der Waals surface area contributed by atoms with E-state index in [2.05, 4.69) is 19.2 Å². The molecule has 0 radical (unpaired) electrons. The highest BCUT2D eigenvalue weighted by molar-refractivity contribution is 5.76. The Labute approximate surface area is 121 Å². The van der Waals surface area contributed by atoms with Crippen LogP contribution in [0.25, 0.3) is 0 Å². The molecule has 0 aromatic heterocycles. The third-order valence-electron chi connectivity index (χ3n) is 3.71. The predicted octanol–water partition coefficient (Wildman–Crippen LogP) is 4.09. The van der Waals surface area contributed by atoms with Crippen LogP contribution in [-0.4, -0.2) is 12.5 Å². The molecule has 1 atom stereocenters. The topological polar surface area (TPSA) is 29.1 Å². The van der Waals surface area contributed by atoms with E-state index in [0.717, 1.165) is 13.0 Å². The van der Waals surface area contributed by atoms with Crippen molar-refractivity contribution >= 4 is 5.91 Å². The van der Waals surface area contributed by atoms with Crippen molar-refractivity contribution in [2.75, 3.05) is 6.54 Å². The van der Waals surface area contributed by atoms with Crippen molar-refractivity contribution in [3.8, 4) is 0 Å². The molecule has 20 heavy (non-hydrogen) atoms. The molecule has 2 nitrogen and oxygen atoms in total. The fraction of sp³-hybridized carbons (Fsp3) is 0.588. The van der Waals surface area contributed by atoms with Crippen LogP contribution in [0.5, 0.6) is 0 Å². The average molecular weight is 279 g/mol. The summed E-state index contributed by atoms with van der Waals surface area (Å²) in [6, 6.07) is 6.64. The number of carbonyl (C=O) groups excluding carboxylic acids is 1. The number of aryl methyl sites for hydroxylation is 1. The van der Waals surface area contributed by atoms with Gasteiger partial charge < -0.3 is 5.32 Å². The first kappa shape index (κ1) is 16.7. The second-order valence-corrected chi connectivity index (χ2v) is 5.31. The van der Waals surface area contributed by atoms with E-state index in [1.807, 2.05) is 0 Å². The van der Waals surface area contributed by atoms with E-state index in [4.69, 9.17) is 0 Å². The lowest BCUT2D eigenvalue weighted by molar-refractivity contribution is -0.121. The Morgan fingerprint density at radius 3 is 2.70 bits per heavy atom. The van der Waals surface area contributed by atoms with E-state index in [1.165, 1.54) is 25.3 Å². The van der Waals surface area contributed by atoms with Crippen LogP contribution in [0.2, 0.25) is 0 Å². The molecule has 1 aromatic rings. The van der Waals surface area contributed by atoms with Gasteiger partial charge in [-0.2, -0.15) is 0 Å². The molecule has 0 unspecified atom stereocenters. The predicted molar refractivity (Wildman–Crippen MR) is 81.0 cm³/mol. The van der Waals surface area contributed by atoms with Gasteiger partial charge in [-0.15, -0.1) is 0 Å². The highest BCUT2D eigenvalue weighted by Crippen LogP contribution is 2.12. The third kappa shape index (κ3) is 6.18. The molecule has 0 spiro atoms. The number of unbranched alkanes of at least 4 members (excludes halogenated alkanes) is 1. The SMILES string of the molecule is CCCC[C@H](CC)CNC(=O)CCc1ccccc1F. The smallest absolute Gasteiger partial charge is 0.220 e. The second-order valence-electron chi connectivity index (χ2n) is 5.31. The molecule has 1 aromatic carbocycles. The molecule has 0 bridgehead atoms. The molecule has 112 valence electrons. The fourth-order valence-corrected chi connectivity index (χ4v) is 2.24. The van der Waals surface area contributed by atoms with Crippen LogP contribution in [0.15, 0.2) is 24.3 Å². The van der Waals surface area contributed by atoms with Gasteiger partial charge in [0.25, 0.3) is 0 Å². The van der Waals surface area contributed by atoms with Gasteiger partial charge >= 0.3 is 0 Å². The van der Waals surface area contributed by atoms with Crippen molar-refractivity contribution < 1.29 is 9.18 Å². The summed E-state index contributed by atoms with van der Waals surface area (Å²) >= 11 is 0. The van der Waals surface area contributed by atoms with E-state index >= 15 is 0 Å². The summed E-state index contributed by atoms with van der Waals surface area (Å²) < 4.78 is 13.4. The molecule has 1 rings (SSSR count). The highest BCUT2D eigenvalue weighted by Gasteiger charge is 2.09. The van der Waals surface area contributed by atoms with E-state index in [0.29, 0.717) is 24.3 Å². The van der Waals surface area contributed by atoms with Crippen molar-refractivity contribution in [3.05, 3.63) is 35.6 Å². The largest absolute Gasteiger partial charge is 0.356 e. The van der Waals surface area contributed by atoms with Gasteiger partial charge in [-0.3, -0.25) is 4.79 Å². The van der Waals surface area contributed by atoms with Crippen LogP contribution in [0.1, 0.15) is 51.5 Å². The molecule has 0 fully saturated rings. The van der Waals surface area contributed by atoms with Gasteiger partial charge in [0.2, 0.25) is 5.91 Å². The van der Waals surface area contributed by atoms with Crippen molar-refractivity contribution in [2.45, 2.75) is 52.4 Å². The summed E-state index contributed by atoms with van der Waals surface area (Å²) in [5.41, 5.74) is 0.612. The number of carbonyl (C=O) groups is 1. The van der Waals surface area contributed by atoms with Crippen LogP contribution in [0, 0.1) is 11.7 Å². The van der Waals surface area contributed by atoms with Crippen molar-refractivity contribution in [2.24, 2.45) is 5.92 Å². The molecular formula is C17H26FNO. The molecule has 1 N–H and O–H groups in total. The Balaban J connectivity index is 2.28. The minimum atomic E-state index is -0.227. The summed E-state index contributed by atoms with van der Waals surface area (Å²) in [5, 5.41) is 2.97. The van der Waals surface area contributed by atoms with Crippen LogP contribution in [-0.2, 0) is 11.2 Å².